The molecule has 27 heavy (non-hydrogen) atoms. The van der Waals surface area contributed by atoms with Gasteiger partial charge in [0.1, 0.15) is 23.7 Å². The summed E-state index contributed by atoms with van der Waals surface area (Å²) in [6.07, 6.45) is 2.61. The van der Waals surface area contributed by atoms with E-state index in [1.54, 1.807) is 0 Å². The Balaban J connectivity index is 1.64. The molecule has 0 radical (unpaired) electrons. The van der Waals surface area contributed by atoms with Crippen LogP contribution in [0.3, 0.4) is 0 Å². The molecule has 0 saturated carbocycles. The number of imidazole rings is 2. The fraction of sp³-hybridized carbons (Fsp3) is 0. The van der Waals surface area contributed by atoms with Crippen molar-refractivity contribution < 1.29 is 16.8 Å². The third-order valence-corrected chi connectivity index (χ3v) is 4.45. The molecule has 0 bridgehead atoms. The standard InChI is InChI=1S/C10H8N10O4S3/c11-5-3-7(13-1-19(3)25)17-9(15-5)23-27(21,22)24-10-16-6(12)4-8(18-10)14-2-20(4)26/h1-2,25-26H,(H2,11,15,17)(H2,12,16,18). The summed E-state index contributed by atoms with van der Waals surface area (Å²) in [5.41, 5.74) is 12.2. The van der Waals surface area contributed by atoms with Gasteiger partial charge in [-0.3, -0.25) is 7.94 Å². The molecular weight excluding hydrogens is 420 g/mol. The number of hydrogen-bond donors (Lipinski definition) is 4. The maximum atomic E-state index is 12.1. The van der Waals surface area contributed by atoms with Crippen LogP contribution in [-0.4, -0.2) is 46.3 Å². The van der Waals surface area contributed by atoms with Crippen LogP contribution in [0.1, 0.15) is 0 Å². The highest BCUT2D eigenvalue weighted by Crippen LogP contribution is 2.23. The molecule has 0 fully saturated rings. The molecule has 4 heterocycles. The van der Waals surface area contributed by atoms with Crippen LogP contribution < -0.4 is 19.8 Å². The smallest absolute Gasteiger partial charge is 0.382 e. The Morgan fingerprint density at radius 2 is 1.22 bits per heavy atom. The predicted octanol–water partition coefficient (Wildman–Crippen LogP) is -0.781. The van der Waals surface area contributed by atoms with Gasteiger partial charge < -0.3 is 19.8 Å². The zero-order valence-electron chi connectivity index (χ0n) is 12.8. The van der Waals surface area contributed by atoms with E-state index in [2.05, 4.69) is 63.9 Å². The molecule has 0 aliphatic rings. The third-order valence-electron chi connectivity index (χ3n) is 3.13. The molecule has 17 heteroatoms. The summed E-state index contributed by atoms with van der Waals surface area (Å²) in [4.78, 5) is 22.8. The van der Waals surface area contributed by atoms with Crippen LogP contribution in [0.15, 0.2) is 12.7 Å². The predicted molar refractivity (Wildman–Crippen MR) is 98.4 cm³/mol. The van der Waals surface area contributed by atoms with E-state index in [4.69, 9.17) is 11.5 Å². The van der Waals surface area contributed by atoms with Crippen LogP contribution in [0.2, 0.25) is 0 Å². The number of thiol groups is 2. The van der Waals surface area contributed by atoms with Crippen molar-refractivity contribution in [3.63, 3.8) is 0 Å². The van der Waals surface area contributed by atoms with Gasteiger partial charge in [0.25, 0.3) is 0 Å². The molecule has 0 aliphatic heterocycles. The van der Waals surface area contributed by atoms with Crippen molar-refractivity contribution in [2.75, 3.05) is 11.5 Å². The number of fused-ring (bicyclic) bond motifs is 2. The second kappa shape index (κ2) is 5.99. The number of hydrogen-bond acceptors (Lipinski definition) is 14. The highest BCUT2D eigenvalue weighted by Gasteiger charge is 2.23. The molecule has 4 N–H and O–H groups in total. The fourth-order valence-electron chi connectivity index (χ4n) is 2.11. The Bertz CT molecular complexity index is 1210. The largest absolute Gasteiger partial charge is 0.506 e. The van der Waals surface area contributed by atoms with Crippen molar-refractivity contribution in [2.45, 2.75) is 0 Å². The summed E-state index contributed by atoms with van der Waals surface area (Å²) in [6.45, 7) is 0. The first-order valence-corrected chi connectivity index (χ1v) is 8.90. The van der Waals surface area contributed by atoms with E-state index in [0.717, 1.165) is 0 Å². The Hall–Kier alpha value is -3.05. The van der Waals surface area contributed by atoms with Gasteiger partial charge in [0.15, 0.2) is 22.9 Å². The molecule has 14 nitrogen and oxygen atoms in total. The maximum absolute atomic E-state index is 12.1. The molecule has 4 aromatic rings. The number of aromatic nitrogens is 8. The third kappa shape index (κ3) is 3.11. The molecule has 0 saturated heterocycles. The molecule has 4 aromatic heterocycles. The minimum Gasteiger partial charge on any atom is -0.382 e. The van der Waals surface area contributed by atoms with E-state index >= 15 is 0 Å². The van der Waals surface area contributed by atoms with Crippen molar-refractivity contribution in [3.8, 4) is 12.0 Å². The molecule has 0 spiro atoms. The number of nitrogen functional groups attached to an aromatic ring is 2. The summed E-state index contributed by atoms with van der Waals surface area (Å²) in [5.74, 6) is -0.196. The molecule has 0 unspecified atom stereocenters. The van der Waals surface area contributed by atoms with Crippen molar-refractivity contribution in [3.05, 3.63) is 12.7 Å². The topological polar surface area (TPSA) is 192 Å². The van der Waals surface area contributed by atoms with Gasteiger partial charge >= 0.3 is 22.4 Å². The minimum absolute atomic E-state index is 0.0731. The van der Waals surface area contributed by atoms with E-state index < -0.39 is 22.4 Å². The van der Waals surface area contributed by atoms with Gasteiger partial charge in [-0.25, -0.2) is 9.97 Å². The summed E-state index contributed by atoms with van der Waals surface area (Å²) < 4.78 is 36.1. The van der Waals surface area contributed by atoms with E-state index in [1.807, 2.05) is 0 Å². The summed E-state index contributed by atoms with van der Waals surface area (Å²) in [7, 11) is -4.71. The average molecular weight is 428 g/mol. The van der Waals surface area contributed by atoms with Crippen LogP contribution in [0.25, 0.3) is 22.3 Å². The van der Waals surface area contributed by atoms with Crippen molar-refractivity contribution in [1.29, 1.82) is 0 Å². The summed E-state index contributed by atoms with van der Waals surface area (Å²) >= 11 is 8.13. The number of rotatable bonds is 4. The molecule has 140 valence electrons. The summed E-state index contributed by atoms with van der Waals surface area (Å²) in [5, 5.41) is 0. The monoisotopic (exact) mass is 428 g/mol. The SMILES string of the molecule is Nc1nc(OS(=O)(=O)Oc2nc(N)c3c(ncn3S)n2)nc2ncn(S)c12. The van der Waals surface area contributed by atoms with Gasteiger partial charge in [-0.05, 0) is 0 Å². The van der Waals surface area contributed by atoms with E-state index in [9.17, 15) is 8.42 Å². The highest BCUT2D eigenvalue weighted by molar-refractivity contribution is 7.82. The molecule has 0 aromatic carbocycles. The molecule has 0 aliphatic carbocycles. The maximum Gasteiger partial charge on any atom is 0.506 e. The normalized spacial score (nSPS) is 11.9. The minimum atomic E-state index is -4.71. The van der Waals surface area contributed by atoms with Crippen LogP contribution >= 0.6 is 25.6 Å². The van der Waals surface area contributed by atoms with E-state index in [-0.39, 0.29) is 34.0 Å². The summed E-state index contributed by atoms with van der Waals surface area (Å²) in [6, 6.07) is -1.22. The van der Waals surface area contributed by atoms with Crippen LogP contribution in [-0.2, 0) is 10.4 Å². The van der Waals surface area contributed by atoms with E-state index in [0.29, 0.717) is 0 Å². The number of anilines is 2. The van der Waals surface area contributed by atoms with Crippen LogP contribution in [0.4, 0.5) is 11.6 Å². The first kappa shape index (κ1) is 17.4. The van der Waals surface area contributed by atoms with Gasteiger partial charge in [-0.2, -0.15) is 19.9 Å². The average Bonchev–Trinajstić information content (AvgIpc) is 3.10. The first-order valence-electron chi connectivity index (χ1n) is 6.77. The van der Waals surface area contributed by atoms with Crippen molar-refractivity contribution in [2.24, 2.45) is 0 Å². The lowest BCUT2D eigenvalue weighted by Crippen LogP contribution is -2.19. The van der Waals surface area contributed by atoms with Gasteiger partial charge in [0.2, 0.25) is 0 Å². The zero-order chi connectivity index (χ0) is 19.3. The Morgan fingerprint density at radius 3 is 1.63 bits per heavy atom. The lowest BCUT2D eigenvalue weighted by molar-refractivity contribution is 0.370. The van der Waals surface area contributed by atoms with Crippen molar-refractivity contribution >= 4 is 70.0 Å². The second-order valence-corrected chi connectivity index (χ2v) is 6.89. The van der Waals surface area contributed by atoms with Gasteiger partial charge in [-0.1, -0.05) is 25.6 Å². The zero-order valence-corrected chi connectivity index (χ0v) is 15.4. The lowest BCUT2D eigenvalue weighted by Gasteiger charge is -2.06. The highest BCUT2D eigenvalue weighted by atomic mass is 32.3. The van der Waals surface area contributed by atoms with E-state index in [1.165, 1.54) is 20.6 Å². The molecule has 0 amide bonds. The lowest BCUT2D eigenvalue weighted by atomic mass is 10.5. The first-order chi connectivity index (χ1) is 12.7. The molecule has 0 atom stereocenters. The Kier molecular flexibility index (Phi) is 3.86. The Labute approximate surface area is 161 Å². The Morgan fingerprint density at radius 1 is 0.815 bits per heavy atom. The van der Waals surface area contributed by atoms with Gasteiger partial charge in [0.05, 0.1) is 0 Å². The van der Waals surface area contributed by atoms with Crippen LogP contribution in [0.5, 0.6) is 12.0 Å². The quantitative estimate of drug-likeness (QED) is 0.297. The van der Waals surface area contributed by atoms with Gasteiger partial charge in [0, 0.05) is 0 Å². The van der Waals surface area contributed by atoms with Crippen molar-refractivity contribution in [1.82, 2.24) is 37.8 Å². The molecule has 4 rings (SSSR count). The second-order valence-electron chi connectivity index (χ2n) is 4.88. The van der Waals surface area contributed by atoms with Crippen LogP contribution in [0, 0.1) is 0 Å². The number of nitrogens with zero attached hydrogens (tertiary/aromatic N) is 8. The number of nitrogens with two attached hydrogens (primary N) is 2. The van der Waals surface area contributed by atoms with Gasteiger partial charge in [-0.15, -0.1) is 8.42 Å². The fourth-order valence-corrected chi connectivity index (χ4v) is 3.14. The molecular formula is C10H8N10O4S3.